The third-order valence-electron chi connectivity index (χ3n) is 4.73. The number of amides is 2. The summed E-state index contributed by atoms with van der Waals surface area (Å²) in [4.78, 5) is 25.6. The Kier molecular flexibility index (Phi) is 5.52. The van der Waals surface area contributed by atoms with Crippen LogP contribution < -0.4 is 4.74 Å². The Morgan fingerprint density at radius 1 is 0.933 bits per heavy atom. The molecule has 2 amide bonds. The molecule has 5 nitrogen and oxygen atoms in total. The first-order chi connectivity index (χ1) is 14.6. The Balaban J connectivity index is 1.57. The Morgan fingerprint density at radius 3 is 2.30 bits per heavy atom. The van der Waals surface area contributed by atoms with Crippen LogP contribution in [-0.4, -0.2) is 22.5 Å². The second kappa shape index (κ2) is 8.57. The number of hydrogen-bond acceptors (Lipinski definition) is 4. The molecule has 0 spiro atoms. The van der Waals surface area contributed by atoms with Crippen LogP contribution in [0.15, 0.2) is 95.6 Å². The van der Waals surface area contributed by atoms with Gasteiger partial charge in [0, 0.05) is 11.1 Å². The van der Waals surface area contributed by atoms with E-state index in [4.69, 9.17) is 4.74 Å². The van der Waals surface area contributed by atoms with E-state index < -0.39 is 11.8 Å². The molecule has 4 rings (SSSR count). The van der Waals surface area contributed by atoms with Gasteiger partial charge in [0.05, 0.1) is 11.3 Å². The molecule has 0 bridgehead atoms. The number of carbonyl (C=O) groups is 2. The zero-order valence-electron chi connectivity index (χ0n) is 16.5. The van der Waals surface area contributed by atoms with Gasteiger partial charge in [0.25, 0.3) is 11.8 Å². The molecule has 0 N–H and O–H groups in total. The second-order valence-corrected chi connectivity index (χ2v) is 6.84. The Morgan fingerprint density at radius 2 is 1.57 bits per heavy atom. The van der Waals surface area contributed by atoms with Gasteiger partial charge in [-0.3, -0.25) is 9.59 Å². The first-order valence-corrected chi connectivity index (χ1v) is 9.60. The van der Waals surface area contributed by atoms with Crippen molar-refractivity contribution in [1.29, 1.82) is 0 Å². The van der Waals surface area contributed by atoms with Crippen LogP contribution in [0.4, 0.5) is 0 Å². The van der Waals surface area contributed by atoms with Crippen LogP contribution in [0.25, 0.3) is 6.08 Å². The van der Waals surface area contributed by atoms with Crippen molar-refractivity contribution in [3.8, 4) is 5.75 Å². The maximum Gasteiger partial charge on any atom is 0.283 e. The first-order valence-electron chi connectivity index (χ1n) is 9.60. The minimum atomic E-state index is -0.447. The minimum absolute atomic E-state index is 0.370. The van der Waals surface area contributed by atoms with Gasteiger partial charge < -0.3 is 4.74 Å². The summed E-state index contributed by atoms with van der Waals surface area (Å²) in [5.74, 6) is -0.238. The van der Waals surface area contributed by atoms with Crippen LogP contribution in [0.5, 0.6) is 5.75 Å². The van der Waals surface area contributed by atoms with E-state index in [-0.39, 0.29) is 0 Å². The van der Waals surface area contributed by atoms with Crippen molar-refractivity contribution in [1.82, 2.24) is 5.01 Å². The number of ether oxygens (including phenoxy) is 1. The SMILES string of the molecule is CC1=NN(C(=O)c2ccccc2)C(=O)/C1=C/c1ccccc1OCc1ccccc1. The van der Waals surface area contributed by atoms with Crippen molar-refractivity contribution in [2.75, 3.05) is 0 Å². The van der Waals surface area contributed by atoms with Gasteiger partial charge in [-0.2, -0.15) is 10.1 Å². The highest BCUT2D eigenvalue weighted by Crippen LogP contribution is 2.26. The van der Waals surface area contributed by atoms with E-state index in [9.17, 15) is 9.59 Å². The zero-order chi connectivity index (χ0) is 20.9. The Labute approximate surface area is 174 Å². The van der Waals surface area contributed by atoms with Gasteiger partial charge in [-0.15, -0.1) is 0 Å². The number of hydrogen-bond donors (Lipinski definition) is 0. The summed E-state index contributed by atoms with van der Waals surface area (Å²) < 4.78 is 5.97. The molecule has 0 fully saturated rings. The number of imide groups is 1. The molecular formula is C25H20N2O3. The van der Waals surface area contributed by atoms with E-state index in [1.807, 2.05) is 60.7 Å². The van der Waals surface area contributed by atoms with Crippen molar-refractivity contribution < 1.29 is 14.3 Å². The second-order valence-electron chi connectivity index (χ2n) is 6.84. The number of hydrazone groups is 1. The number of nitrogens with zero attached hydrogens (tertiary/aromatic N) is 2. The predicted molar refractivity (Wildman–Crippen MR) is 116 cm³/mol. The third kappa shape index (κ3) is 4.05. The van der Waals surface area contributed by atoms with Crippen LogP contribution >= 0.6 is 0 Å². The quantitative estimate of drug-likeness (QED) is 0.464. The van der Waals surface area contributed by atoms with E-state index >= 15 is 0 Å². The van der Waals surface area contributed by atoms with Gasteiger partial charge >= 0.3 is 0 Å². The number of rotatable bonds is 5. The van der Waals surface area contributed by atoms with Crippen molar-refractivity contribution in [2.45, 2.75) is 13.5 Å². The van der Waals surface area contributed by atoms with Gasteiger partial charge in [-0.1, -0.05) is 66.7 Å². The van der Waals surface area contributed by atoms with Gasteiger partial charge in [-0.25, -0.2) is 0 Å². The van der Waals surface area contributed by atoms with E-state index in [0.29, 0.717) is 29.2 Å². The molecule has 30 heavy (non-hydrogen) atoms. The van der Waals surface area contributed by atoms with E-state index in [1.54, 1.807) is 37.3 Å². The highest BCUT2D eigenvalue weighted by Gasteiger charge is 2.33. The number of benzene rings is 3. The fourth-order valence-corrected chi connectivity index (χ4v) is 3.15. The normalized spacial score (nSPS) is 14.7. The lowest BCUT2D eigenvalue weighted by Crippen LogP contribution is -2.29. The largest absolute Gasteiger partial charge is 0.488 e. The molecule has 1 aliphatic rings. The summed E-state index contributed by atoms with van der Waals surface area (Å²) in [5, 5.41) is 5.11. The summed E-state index contributed by atoms with van der Waals surface area (Å²) in [6.07, 6.45) is 1.72. The van der Waals surface area contributed by atoms with Crippen molar-refractivity contribution >= 4 is 23.6 Å². The molecule has 5 heteroatoms. The minimum Gasteiger partial charge on any atom is -0.488 e. The Bertz CT molecular complexity index is 1140. The maximum absolute atomic E-state index is 12.9. The summed E-state index contributed by atoms with van der Waals surface area (Å²) in [6.45, 7) is 2.14. The molecule has 1 heterocycles. The standard InChI is InChI=1S/C25H20N2O3/c1-18-22(25(29)27(26-18)24(28)20-12-6-3-7-13-20)16-21-14-8-9-15-23(21)30-17-19-10-4-2-5-11-19/h2-16H,17H2,1H3/b22-16+. The molecular weight excluding hydrogens is 376 g/mol. The smallest absolute Gasteiger partial charge is 0.283 e. The molecule has 3 aromatic rings. The van der Waals surface area contributed by atoms with Crippen molar-refractivity contribution in [3.05, 3.63) is 107 Å². The topological polar surface area (TPSA) is 59.0 Å². The molecule has 0 unspecified atom stereocenters. The van der Waals surface area contributed by atoms with Gasteiger partial charge in [0.1, 0.15) is 12.4 Å². The van der Waals surface area contributed by atoms with Crippen LogP contribution in [0, 0.1) is 0 Å². The average molecular weight is 396 g/mol. The maximum atomic E-state index is 12.9. The lowest BCUT2D eigenvalue weighted by Gasteiger charge is -2.11. The summed E-state index contributed by atoms with van der Waals surface area (Å²) in [7, 11) is 0. The summed E-state index contributed by atoms with van der Waals surface area (Å²) in [6, 6.07) is 26.0. The van der Waals surface area contributed by atoms with Gasteiger partial charge in [0.2, 0.25) is 0 Å². The summed E-state index contributed by atoms with van der Waals surface area (Å²) in [5.41, 5.74) is 3.07. The predicted octanol–water partition coefficient (Wildman–Crippen LogP) is 4.71. The van der Waals surface area contributed by atoms with Crippen LogP contribution in [0.3, 0.4) is 0 Å². The number of para-hydroxylation sites is 1. The molecule has 3 aromatic carbocycles. The van der Waals surface area contributed by atoms with Gasteiger partial charge in [0.15, 0.2) is 0 Å². The zero-order valence-corrected chi connectivity index (χ0v) is 16.5. The number of carbonyl (C=O) groups excluding carboxylic acids is 2. The van der Waals surface area contributed by atoms with E-state index in [0.717, 1.165) is 16.1 Å². The van der Waals surface area contributed by atoms with Crippen LogP contribution in [-0.2, 0) is 11.4 Å². The molecule has 1 aliphatic heterocycles. The molecule has 0 saturated carbocycles. The highest BCUT2D eigenvalue weighted by molar-refractivity contribution is 6.30. The molecule has 0 aliphatic carbocycles. The monoisotopic (exact) mass is 396 g/mol. The van der Waals surface area contributed by atoms with E-state index in [1.165, 1.54) is 0 Å². The molecule has 0 aromatic heterocycles. The molecule has 0 saturated heterocycles. The fourth-order valence-electron chi connectivity index (χ4n) is 3.15. The van der Waals surface area contributed by atoms with Crippen LogP contribution in [0.2, 0.25) is 0 Å². The van der Waals surface area contributed by atoms with Crippen molar-refractivity contribution in [3.63, 3.8) is 0 Å². The highest BCUT2D eigenvalue weighted by atomic mass is 16.5. The molecule has 148 valence electrons. The first kappa shape index (κ1) is 19.3. The Hall–Kier alpha value is -3.99. The lowest BCUT2D eigenvalue weighted by molar-refractivity contribution is -0.123. The fraction of sp³-hybridized carbons (Fsp3) is 0.0800. The summed E-state index contributed by atoms with van der Waals surface area (Å²) >= 11 is 0. The van der Waals surface area contributed by atoms with E-state index in [2.05, 4.69) is 5.10 Å². The van der Waals surface area contributed by atoms with Crippen LogP contribution in [0.1, 0.15) is 28.4 Å². The molecule has 0 atom stereocenters. The average Bonchev–Trinajstić information content (AvgIpc) is 3.07. The molecule has 0 radical (unpaired) electrons. The van der Waals surface area contributed by atoms with Crippen molar-refractivity contribution in [2.24, 2.45) is 5.10 Å². The third-order valence-corrected chi connectivity index (χ3v) is 4.73. The van der Waals surface area contributed by atoms with Gasteiger partial charge in [-0.05, 0) is 36.8 Å². The lowest BCUT2D eigenvalue weighted by atomic mass is 10.1.